The van der Waals surface area contributed by atoms with Crippen LogP contribution in [0, 0.1) is 12.8 Å². The Morgan fingerprint density at radius 1 is 1.22 bits per heavy atom. The molecule has 5 heteroatoms. The maximum absolute atomic E-state index is 12.8. The average Bonchev–Trinajstić information content (AvgIpc) is 2.69. The summed E-state index contributed by atoms with van der Waals surface area (Å²) in [5, 5.41) is 3.07. The van der Waals surface area contributed by atoms with E-state index in [1.807, 2.05) is 31.2 Å². The highest BCUT2D eigenvalue weighted by molar-refractivity contribution is 5.94. The van der Waals surface area contributed by atoms with Crippen molar-refractivity contribution < 1.29 is 14.3 Å². The van der Waals surface area contributed by atoms with Gasteiger partial charge in [0, 0.05) is 24.5 Å². The van der Waals surface area contributed by atoms with E-state index in [2.05, 4.69) is 36.2 Å². The molecule has 1 atom stereocenters. The minimum Gasteiger partial charge on any atom is -0.497 e. The van der Waals surface area contributed by atoms with Gasteiger partial charge in [0.1, 0.15) is 18.1 Å². The second-order valence-electron chi connectivity index (χ2n) is 6.85. The number of carbonyl (C=O) groups is 1. The molecule has 27 heavy (non-hydrogen) atoms. The first-order valence-corrected chi connectivity index (χ1v) is 9.51. The van der Waals surface area contributed by atoms with Gasteiger partial charge in [0.2, 0.25) is 5.91 Å². The van der Waals surface area contributed by atoms with Crippen LogP contribution in [-0.4, -0.2) is 32.7 Å². The first kappa shape index (κ1) is 19.1. The van der Waals surface area contributed by atoms with Crippen LogP contribution in [0.25, 0.3) is 0 Å². The van der Waals surface area contributed by atoms with Crippen molar-refractivity contribution in [1.29, 1.82) is 0 Å². The number of rotatable bonds is 6. The van der Waals surface area contributed by atoms with E-state index in [1.54, 1.807) is 7.11 Å². The van der Waals surface area contributed by atoms with E-state index in [-0.39, 0.29) is 11.8 Å². The number of hydrogen-bond donors (Lipinski definition) is 1. The Kier molecular flexibility index (Phi) is 5.89. The van der Waals surface area contributed by atoms with Crippen molar-refractivity contribution in [2.24, 2.45) is 5.92 Å². The summed E-state index contributed by atoms with van der Waals surface area (Å²) in [6.07, 6.45) is 0.648. The molecule has 2 aromatic carbocycles. The van der Waals surface area contributed by atoms with Gasteiger partial charge in [-0.3, -0.25) is 4.79 Å². The molecule has 0 aliphatic carbocycles. The minimum absolute atomic E-state index is 0.0119. The number of methoxy groups -OCH3 is 1. The Morgan fingerprint density at radius 3 is 2.67 bits per heavy atom. The fourth-order valence-electron chi connectivity index (χ4n) is 3.47. The van der Waals surface area contributed by atoms with Crippen molar-refractivity contribution in [3.05, 3.63) is 47.5 Å². The van der Waals surface area contributed by atoms with E-state index in [1.165, 1.54) is 5.69 Å². The van der Waals surface area contributed by atoms with Crippen LogP contribution >= 0.6 is 0 Å². The summed E-state index contributed by atoms with van der Waals surface area (Å²) in [6.45, 7) is 8.63. The summed E-state index contributed by atoms with van der Waals surface area (Å²) in [5.41, 5.74) is 4.10. The number of ether oxygens (including phenoxy) is 2. The molecule has 0 fully saturated rings. The molecular weight excluding hydrogens is 340 g/mol. The van der Waals surface area contributed by atoms with Gasteiger partial charge in [-0.1, -0.05) is 0 Å². The summed E-state index contributed by atoms with van der Waals surface area (Å²) in [6, 6.07) is 11.9. The molecule has 1 amide bonds. The Balaban J connectivity index is 1.70. The lowest BCUT2D eigenvalue weighted by molar-refractivity contribution is -0.121. The lowest BCUT2D eigenvalue weighted by atomic mass is 9.95. The highest BCUT2D eigenvalue weighted by atomic mass is 16.5. The molecule has 1 unspecified atom stereocenters. The quantitative estimate of drug-likeness (QED) is 0.836. The highest BCUT2D eigenvalue weighted by Gasteiger charge is 2.26. The molecule has 2 aromatic rings. The monoisotopic (exact) mass is 368 g/mol. The van der Waals surface area contributed by atoms with Crippen LogP contribution in [0.1, 0.15) is 25.0 Å². The Morgan fingerprint density at radius 2 is 2.00 bits per heavy atom. The summed E-state index contributed by atoms with van der Waals surface area (Å²) in [5.74, 6) is 1.38. The van der Waals surface area contributed by atoms with Crippen LogP contribution in [0.3, 0.4) is 0 Å². The molecule has 1 aliphatic rings. The molecule has 1 heterocycles. The van der Waals surface area contributed by atoms with E-state index >= 15 is 0 Å². The number of hydrogen-bond acceptors (Lipinski definition) is 4. The molecule has 1 aliphatic heterocycles. The summed E-state index contributed by atoms with van der Waals surface area (Å²) in [7, 11) is 1.64. The third kappa shape index (κ3) is 4.18. The smallest absolute Gasteiger partial charge is 0.231 e. The average molecular weight is 368 g/mol. The molecular formula is C22H28N2O3. The van der Waals surface area contributed by atoms with Crippen LogP contribution in [0.5, 0.6) is 11.5 Å². The lowest BCUT2D eigenvalue weighted by Crippen LogP contribution is -2.32. The molecule has 0 saturated carbocycles. The number of aryl methyl sites for hydroxylation is 1. The predicted molar refractivity (Wildman–Crippen MR) is 109 cm³/mol. The van der Waals surface area contributed by atoms with E-state index in [9.17, 15) is 4.79 Å². The molecule has 0 aromatic heterocycles. The fourth-order valence-corrected chi connectivity index (χ4v) is 3.47. The lowest BCUT2D eigenvalue weighted by Gasteiger charge is -2.26. The van der Waals surface area contributed by atoms with Crippen LogP contribution in [0.2, 0.25) is 0 Å². The second kappa shape index (κ2) is 8.33. The summed E-state index contributed by atoms with van der Waals surface area (Å²) >= 11 is 0. The molecule has 0 radical (unpaired) electrons. The molecule has 0 bridgehead atoms. The number of anilines is 2. The zero-order valence-electron chi connectivity index (χ0n) is 16.5. The van der Waals surface area contributed by atoms with Gasteiger partial charge in [0.25, 0.3) is 0 Å². The van der Waals surface area contributed by atoms with E-state index in [0.29, 0.717) is 13.0 Å². The number of benzene rings is 2. The molecule has 1 N–H and O–H groups in total. The van der Waals surface area contributed by atoms with Gasteiger partial charge < -0.3 is 19.7 Å². The molecule has 5 nitrogen and oxygen atoms in total. The van der Waals surface area contributed by atoms with E-state index in [0.717, 1.165) is 41.4 Å². The van der Waals surface area contributed by atoms with E-state index < -0.39 is 0 Å². The summed E-state index contributed by atoms with van der Waals surface area (Å²) < 4.78 is 11.1. The standard InChI is InChI=1S/C22H28N2O3/c1-5-24(6-2)18-7-9-20(15(3)11-18)23-22(25)17-12-16-13-19(26-4)8-10-21(16)27-14-17/h7-11,13,17H,5-6,12,14H2,1-4H3,(H,23,25). The van der Waals surface area contributed by atoms with Crippen LogP contribution in [0.15, 0.2) is 36.4 Å². The third-order valence-corrected chi connectivity index (χ3v) is 5.14. The number of fused-ring (bicyclic) bond motifs is 1. The van der Waals surface area contributed by atoms with Crippen LogP contribution in [-0.2, 0) is 11.2 Å². The normalized spacial score (nSPS) is 15.5. The highest BCUT2D eigenvalue weighted by Crippen LogP contribution is 2.31. The SMILES string of the molecule is CCN(CC)c1ccc(NC(=O)C2COc3ccc(OC)cc3C2)c(C)c1. The van der Waals surface area contributed by atoms with Crippen molar-refractivity contribution in [3.63, 3.8) is 0 Å². The number of carbonyl (C=O) groups excluding carboxylic acids is 1. The second-order valence-corrected chi connectivity index (χ2v) is 6.85. The van der Waals surface area contributed by atoms with Crippen molar-refractivity contribution in [2.45, 2.75) is 27.2 Å². The van der Waals surface area contributed by atoms with Gasteiger partial charge in [-0.25, -0.2) is 0 Å². The predicted octanol–water partition coefficient (Wildman–Crippen LogP) is 4.04. The molecule has 0 spiro atoms. The fraction of sp³-hybridized carbons (Fsp3) is 0.409. The number of nitrogens with zero attached hydrogens (tertiary/aromatic N) is 1. The van der Waals surface area contributed by atoms with Crippen molar-refractivity contribution in [1.82, 2.24) is 0 Å². The van der Waals surface area contributed by atoms with Crippen LogP contribution < -0.4 is 19.7 Å². The van der Waals surface area contributed by atoms with Gasteiger partial charge in [-0.15, -0.1) is 0 Å². The van der Waals surface area contributed by atoms with Crippen LogP contribution in [0.4, 0.5) is 11.4 Å². The van der Waals surface area contributed by atoms with Gasteiger partial charge in [0.05, 0.1) is 13.0 Å². The molecule has 0 saturated heterocycles. The largest absolute Gasteiger partial charge is 0.497 e. The molecule has 3 rings (SSSR count). The first-order chi connectivity index (χ1) is 13.0. The van der Waals surface area contributed by atoms with Crippen molar-refractivity contribution in [2.75, 3.05) is 37.0 Å². The van der Waals surface area contributed by atoms with Gasteiger partial charge in [0.15, 0.2) is 0 Å². The Labute approximate surface area is 161 Å². The maximum atomic E-state index is 12.8. The van der Waals surface area contributed by atoms with Crippen molar-refractivity contribution >= 4 is 17.3 Å². The zero-order chi connectivity index (χ0) is 19.4. The topological polar surface area (TPSA) is 50.8 Å². The Hall–Kier alpha value is -2.69. The van der Waals surface area contributed by atoms with Gasteiger partial charge in [-0.2, -0.15) is 0 Å². The van der Waals surface area contributed by atoms with Crippen molar-refractivity contribution in [3.8, 4) is 11.5 Å². The van der Waals surface area contributed by atoms with Gasteiger partial charge in [-0.05, 0) is 74.7 Å². The van der Waals surface area contributed by atoms with Gasteiger partial charge >= 0.3 is 0 Å². The number of nitrogens with one attached hydrogen (secondary N) is 1. The third-order valence-electron chi connectivity index (χ3n) is 5.14. The number of amides is 1. The van der Waals surface area contributed by atoms with E-state index in [4.69, 9.17) is 9.47 Å². The first-order valence-electron chi connectivity index (χ1n) is 9.51. The molecule has 144 valence electrons. The Bertz CT molecular complexity index is 815. The maximum Gasteiger partial charge on any atom is 0.231 e. The summed E-state index contributed by atoms with van der Waals surface area (Å²) in [4.78, 5) is 15.1. The minimum atomic E-state index is -0.216. The zero-order valence-corrected chi connectivity index (χ0v) is 16.5.